The van der Waals surface area contributed by atoms with Crippen LogP contribution < -0.4 is 16.7 Å². The van der Waals surface area contributed by atoms with Crippen molar-refractivity contribution in [3.8, 4) is 0 Å². The fraction of sp³-hybridized carbons (Fsp3) is 0.263. The van der Waals surface area contributed by atoms with Crippen LogP contribution in [0.4, 0.5) is 11.6 Å². The molecule has 0 spiro atoms. The van der Waals surface area contributed by atoms with E-state index in [-0.39, 0.29) is 29.3 Å². The second-order valence-electron chi connectivity index (χ2n) is 6.97. The highest BCUT2D eigenvalue weighted by Gasteiger charge is 2.19. The van der Waals surface area contributed by atoms with Crippen LogP contribution in [-0.2, 0) is 20.6 Å². The number of hydrogen-bond acceptors (Lipinski definition) is 7. The normalized spacial score (nSPS) is 11.7. The molecule has 2 heterocycles. The third-order valence-electron chi connectivity index (χ3n) is 4.57. The summed E-state index contributed by atoms with van der Waals surface area (Å²) < 4.78 is 3.90. The summed E-state index contributed by atoms with van der Waals surface area (Å²) in [5, 5.41) is 15.3. The second-order valence-corrected chi connectivity index (χ2v) is 6.97. The minimum Gasteiger partial charge on any atom is -0.299 e. The molecule has 3 rings (SSSR count). The number of benzene rings is 1. The Bertz CT molecular complexity index is 1330. The highest BCUT2D eigenvalue weighted by molar-refractivity contribution is 5.99. The summed E-state index contributed by atoms with van der Waals surface area (Å²) in [5.74, 6) is 0.246. The molecule has 0 saturated heterocycles. The zero-order valence-electron chi connectivity index (χ0n) is 17.0. The van der Waals surface area contributed by atoms with Crippen molar-refractivity contribution in [2.45, 2.75) is 20.4 Å². The predicted octanol–water partition coefficient (Wildman–Crippen LogP) is 1.75. The third kappa shape index (κ3) is 3.64. The summed E-state index contributed by atoms with van der Waals surface area (Å²) in [5.41, 5.74) is 4.07. The molecule has 0 atom stereocenters. The molecule has 0 bridgehead atoms. The molecule has 11 heteroatoms. The summed E-state index contributed by atoms with van der Waals surface area (Å²) in [6.45, 7) is 7.67. The monoisotopic (exact) mass is 411 g/mol. The van der Waals surface area contributed by atoms with Gasteiger partial charge in [0.15, 0.2) is 11.2 Å². The number of hydrazone groups is 1. The second kappa shape index (κ2) is 7.78. The third-order valence-corrected chi connectivity index (χ3v) is 4.57. The van der Waals surface area contributed by atoms with Crippen LogP contribution in [0.15, 0.2) is 51.1 Å². The fourth-order valence-electron chi connectivity index (χ4n) is 3.00. The van der Waals surface area contributed by atoms with Crippen molar-refractivity contribution in [1.29, 1.82) is 0 Å². The largest absolute Gasteiger partial charge is 0.332 e. The zero-order chi connectivity index (χ0) is 22.2. The molecule has 0 saturated carbocycles. The zero-order valence-corrected chi connectivity index (χ0v) is 17.0. The number of nitro groups is 1. The van der Waals surface area contributed by atoms with Crippen LogP contribution in [0.3, 0.4) is 0 Å². The van der Waals surface area contributed by atoms with E-state index in [1.807, 2.05) is 0 Å². The molecule has 0 unspecified atom stereocenters. The SMILES string of the molecule is C=C(C)Cn1c(NN=C(C)c2cccc([N+](=O)[O-])c2)nc2c1c(=O)n(C)c(=O)n2C. The number of fused-ring (bicyclic) bond motifs is 1. The van der Waals surface area contributed by atoms with E-state index in [4.69, 9.17) is 0 Å². The van der Waals surface area contributed by atoms with Crippen LogP contribution >= 0.6 is 0 Å². The van der Waals surface area contributed by atoms with E-state index in [9.17, 15) is 19.7 Å². The Morgan fingerprint density at radius 1 is 1.27 bits per heavy atom. The van der Waals surface area contributed by atoms with Crippen LogP contribution in [-0.4, -0.2) is 29.3 Å². The van der Waals surface area contributed by atoms with Gasteiger partial charge in [-0.3, -0.25) is 28.6 Å². The first-order chi connectivity index (χ1) is 14.1. The van der Waals surface area contributed by atoms with Gasteiger partial charge in [0, 0.05) is 38.3 Å². The Hall–Kier alpha value is -4.02. The minimum absolute atomic E-state index is 0.0462. The standard InChI is InChI=1S/C19H21N7O4/c1-11(2)10-25-15-16(23(4)19(28)24(5)17(15)27)20-18(25)22-21-12(3)13-7-6-8-14(9-13)26(29)30/h6-9H,1,10H2,2-5H3,(H,20,22). The van der Waals surface area contributed by atoms with E-state index < -0.39 is 16.2 Å². The Labute approximate surface area is 170 Å². The Kier molecular flexibility index (Phi) is 5.37. The lowest BCUT2D eigenvalue weighted by Gasteiger charge is -2.09. The lowest BCUT2D eigenvalue weighted by Crippen LogP contribution is -2.37. The number of nitro benzene ring substituents is 1. The first-order valence-electron chi connectivity index (χ1n) is 8.97. The number of non-ortho nitro benzene ring substituents is 1. The van der Waals surface area contributed by atoms with E-state index in [0.29, 0.717) is 11.3 Å². The Morgan fingerprint density at radius 2 is 1.97 bits per heavy atom. The minimum atomic E-state index is -0.490. The molecule has 2 aromatic heterocycles. The van der Waals surface area contributed by atoms with Crippen LogP contribution in [0, 0.1) is 10.1 Å². The lowest BCUT2D eigenvalue weighted by atomic mass is 10.1. The van der Waals surface area contributed by atoms with Crippen molar-refractivity contribution in [3.63, 3.8) is 0 Å². The number of allylic oxidation sites excluding steroid dienone is 1. The average molecular weight is 411 g/mol. The number of nitrogens with zero attached hydrogens (tertiary/aromatic N) is 6. The number of rotatable bonds is 6. The molecular formula is C19H21N7O4. The van der Waals surface area contributed by atoms with Gasteiger partial charge in [-0.1, -0.05) is 24.3 Å². The smallest absolute Gasteiger partial charge is 0.299 e. The molecule has 156 valence electrons. The molecule has 11 nitrogen and oxygen atoms in total. The number of imidazole rings is 1. The molecule has 3 aromatic rings. The van der Waals surface area contributed by atoms with E-state index in [2.05, 4.69) is 22.1 Å². The quantitative estimate of drug-likeness (QED) is 0.285. The Morgan fingerprint density at radius 3 is 2.60 bits per heavy atom. The van der Waals surface area contributed by atoms with Crippen molar-refractivity contribution in [2.75, 3.05) is 5.43 Å². The molecule has 0 radical (unpaired) electrons. The summed E-state index contributed by atoms with van der Waals surface area (Å²) >= 11 is 0. The Balaban J connectivity index is 2.12. The molecule has 1 N–H and O–H groups in total. The van der Waals surface area contributed by atoms with Gasteiger partial charge in [0.25, 0.3) is 11.2 Å². The van der Waals surface area contributed by atoms with E-state index in [0.717, 1.165) is 10.1 Å². The molecule has 0 amide bonds. The lowest BCUT2D eigenvalue weighted by molar-refractivity contribution is -0.384. The highest BCUT2D eigenvalue weighted by Crippen LogP contribution is 2.18. The molecule has 0 aliphatic heterocycles. The van der Waals surface area contributed by atoms with E-state index in [1.54, 1.807) is 30.5 Å². The number of anilines is 1. The highest BCUT2D eigenvalue weighted by atomic mass is 16.6. The van der Waals surface area contributed by atoms with Gasteiger partial charge in [-0.05, 0) is 13.8 Å². The molecule has 30 heavy (non-hydrogen) atoms. The van der Waals surface area contributed by atoms with Crippen molar-refractivity contribution in [1.82, 2.24) is 18.7 Å². The van der Waals surface area contributed by atoms with Gasteiger partial charge in [-0.2, -0.15) is 10.1 Å². The van der Waals surface area contributed by atoms with E-state index >= 15 is 0 Å². The topological polar surface area (TPSA) is 129 Å². The molecular weight excluding hydrogens is 390 g/mol. The van der Waals surface area contributed by atoms with Gasteiger partial charge in [0.2, 0.25) is 5.95 Å². The summed E-state index contributed by atoms with van der Waals surface area (Å²) in [7, 11) is 2.93. The van der Waals surface area contributed by atoms with Gasteiger partial charge in [0.05, 0.1) is 10.6 Å². The molecule has 0 aliphatic carbocycles. The van der Waals surface area contributed by atoms with Crippen LogP contribution in [0.5, 0.6) is 0 Å². The average Bonchev–Trinajstić information content (AvgIpc) is 3.06. The van der Waals surface area contributed by atoms with Crippen molar-refractivity contribution in [2.24, 2.45) is 19.2 Å². The molecule has 1 aromatic carbocycles. The van der Waals surface area contributed by atoms with Gasteiger partial charge >= 0.3 is 5.69 Å². The summed E-state index contributed by atoms with van der Waals surface area (Å²) in [6, 6.07) is 6.08. The first kappa shape index (κ1) is 20.7. The predicted molar refractivity (Wildman–Crippen MR) is 114 cm³/mol. The van der Waals surface area contributed by atoms with Crippen LogP contribution in [0.2, 0.25) is 0 Å². The van der Waals surface area contributed by atoms with Crippen LogP contribution in [0.1, 0.15) is 19.4 Å². The van der Waals surface area contributed by atoms with Crippen molar-refractivity contribution < 1.29 is 4.92 Å². The molecule has 0 fully saturated rings. The maximum Gasteiger partial charge on any atom is 0.332 e. The number of aryl methyl sites for hydroxylation is 1. The fourth-order valence-corrected chi connectivity index (χ4v) is 3.00. The van der Waals surface area contributed by atoms with Crippen molar-refractivity contribution in [3.05, 3.63) is 72.9 Å². The van der Waals surface area contributed by atoms with Gasteiger partial charge in [-0.25, -0.2) is 10.2 Å². The van der Waals surface area contributed by atoms with Gasteiger partial charge in [-0.15, -0.1) is 0 Å². The van der Waals surface area contributed by atoms with E-state index in [1.165, 1.54) is 30.8 Å². The number of nitrogens with one attached hydrogen (secondary N) is 1. The van der Waals surface area contributed by atoms with Crippen molar-refractivity contribution >= 4 is 28.5 Å². The summed E-state index contributed by atoms with van der Waals surface area (Å²) in [6.07, 6.45) is 0. The van der Waals surface area contributed by atoms with Crippen LogP contribution in [0.25, 0.3) is 11.2 Å². The van der Waals surface area contributed by atoms with Gasteiger partial charge in [0.1, 0.15) is 0 Å². The maximum absolute atomic E-state index is 12.7. The number of hydrogen-bond donors (Lipinski definition) is 1. The summed E-state index contributed by atoms with van der Waals surface area (Å²) in [4.78, 5) is 39.8. The van der Waals surface area contributed by atoms with Gasteiger partial charge < -0.3 is 0 Å². The maximum atomic E-state index is 12.7. The molecule has 0 aliphatic rings. The first-order valence-corrected chi connectivity index (χ1v) is 8.97. The number of aromatic nitrogens is 4.